The van der Waals surface area contributed by atoms with Crippen LogP contribution in [0.3, 0.4) is 0 Å². The average molecular weight is 167 g/mol. The van der Waals surface area contributed by atoms with Crippen molar-refractivity contribution in [3.8, 4) is 6.07 Å². The number of halogens is 3. The number of Topliss-reactive ketones (excluding diaryl/α,β-unsaturated/α-hetero) is 1. The molecule has 0 aromatic carbocycles. The van der Waals surface area contributed by atoms with Gasteiger partial charge < -0.3 is 0 Å². The molecule has 0 N–H and O–H groups in total. The van der Waals surface area contributed by atoms with Gasteiger partial charge >= 0.3 is 6.18 Å². The maximum atomic E-state index is 11.1. The lowest BCUT2D eigenvalue weighted by Crippen LogP contribution is -2.21. The van der Waals surface area contributed by atoms with Crippen LogP contribution in [-0.4, -0.2) is 12.0 Å². The monoisotopic (exact) mass is 167 g/mol. The Morgan fingerprint density at radius 2 is 1.82 bits per heavy atom. The van der Waals surface area contributed by atoms with E-state index in [4.69, 9.17) is 5.26 Å². The Morgan fingerprint density at radius 1 is 1.45 bits per heavy atom. The number of rotatable bonds is 1. The van der Waals surface area contributed by atoms with E-state index >= 15 is 0 Å². The largest absolute Gasteiger partial charge is 0.451 e. The van der Waals surface area contributed by atoms with Gasteiger partial charge in [0.25, 0.3) is 0 Å². The number of alkyl halides is 3. The highest BCUT2D eigenvalue weighted by Crippen LogP contribution is 2.16. The molecule has 64 valence electrons. The minimum absolute atomic E-state index is 1.09. The number of carbonyl (C=O) groups excluding carboxylic acids is 1. The summed E-state index contributed by atoms with van der Waals surface area (Å²) in [5.41, 5.74) is 0. The fourth-order valence-corrected chi connectivity index (χ4v) is 0.172. The first-order chi connectivity index (χ1) is 4.98. The zero-order valence-electron chi connectivity index (χ0n) is 6.20. The topological polar surface area (TPSA) is 40.9 Å². The predicted molar refractivity (Wildman–Crippen MR) is 32.6 cm³/mol. The second-order valence-electron chi connectivity index (χ2n) is 1.26. The summed E-state index contributed by atoms with van der Waals surface area (Å²) in [7, 11) is 0. The van der Waals surface area contributed by atoms with Crippen LogP contribution in [-0.2, 0) is 4.79 Å². The van der Waals surface area contributed by atoms with Crippen molar-refractivity contribution in [2.45, 2.75) is 26.4 Å². The third-order valence-electron chi connectivity index (χ3n) is 0.556. The molecular weight excluding hydrogens is 159 g/mol. The van der Waals surface area contributed by atoms with Crippen molar-refractivity contribution in [1.29, 1.82) is 5.26 Å². The molecule has 0 aliphatic rings. The van der Waals surface area contributed by atoms with Gasteiger partial charge in [0.1, 0.15) is 6.42 Å². The Kier molecular flexibility index (Phi) is 6.55. The second kappa shape index (κ2) is 5.71. The first kappa shape index (κ1) is 12.6. The average Bonchev–Trinajstić information content (AvgIpc) is 1.91. The second-order valence-corrected chi connectivity index (χ2v) is 1.26. The van der Waals surface area contributed by atoms with E-state index in [1.807, 2.05) is 13.8 Å². The minimum atomic E-state index is -4.85. The molecule has 0 amide bonds. The van der Waals surface area contributed by atoms with Gasteiger partial charge in [0, 0.05) is 0 Å². The Labute approximate surface area is 62.6 Å². The lowest BCUT2D eigenvalue weighted by Gasteiger charge is -1.98. The molecule has 0 radical (unpaired) electrons. The van der Waals surface area contributed by atoms with Crippen LogP contribution in [0.1, 0.15) is 20.3 Å². The summed E-state index contributed by atoms with van der Waals surface area (Å²) in [6, 6.07) is 1.10. The molecule has 0 spiro atoms. The molecule has 0 unspecified atom stereocenters. The molecule has 0 aromatic rings. The van der Waals surface area contributed by atoms with Crippen molar-refractivity contribution in [1.82, 2.24) is 0 Å². The minimum Gasteiger partial charge on any atom is -0.288 e. The Bertz CT molecular complexity index is 156. The van der Waals surface area contributed by atoms with E-state index in [2.05, 4.69) is 0 Å². The van der Waals surface area contributed by atoms with Gasteiger partial charge in [-0.3, -0.25) is 4.79 Å². The van der Waals surface area contributed by atoms with Crippen molar-refractivity contribution in [3.05, 3.63) is 0 Å². The Balaban J connectivity index is 0. The molecule has 2 nitrogen and oxygen atoms in total. The summed E-state index contributed by atoms with van der Waals surface area (Å²) in [5.74, 6) is -2.00. The van der Waals surface area contributed by atoms with Crippen LogP contribution in [0.5, 0.6) is 0 Å². The SMILES string of the molecule is CC.N#CCC(=O)C(F)(F)F. The molecule has 0 heterocycles. The molecule has 0 saturated carbocycles. The highest BCUT2D eigenvalue weighted by Gasteiger charge is 2.37. The maximum Gasteiger partial charge on any atom is 0.451 e. The number of hydrogen-bond donors (Lipinski definition) is 0. The molecule has 5 heteroatoms. The van der Waals surface area contributed by atoms with Gasteiger partial charge in [-0.15, -0.1) is 0 Å². The standard InChI is InChI=1S/C4H2F3NO.C2H6/c5-4(6,7)3(9)1-2-8;1-2/h1H2;1-2H3. The molecular formula is C6H8F3NO. The summed E-state index contributed by atoms with van der Waals surface area (Å²) in [6.07, 6.45) is -5.95. The third-order valence-corrected chi connectivity index (χ3v) is 0.556. The molecule has 0 rings (SSSR count). The molecule has 0 bridgehead atoms. The first-order valence-electron chi connectivity index (χ1n) is 2.95. The quantitative estimate of drug-likeness (QED) is 0.599. The summed E-state index contributed by atoms with van der Waals surface area (Å²) in [6.45, 7) is 4.00. The summed E-state index contributed by atoms with van der Waals surface area (Å²) >= 11 is 0. The number of nitrogens with zero attached hydrogens (tertiary/aromatic N) is 1. The van der Waals surface area contributed by atoms with E-state index in [0.29, 0.717) is 0 Å². The molecule has 0 aliphatic heterocycles. The molecule has 0 atom stereocenters. The van der Waals surface area contributed by atoms with Gasteiger partial charge in [-0.1, -0.05) is 13.8 Å². The van der Waals surface area contributed by atoms with Crippen molar-refractivity contribution < 1.29 is 18.0 Å². The van der Waals surface area contributed by atoms with Gasteiger partial charge in [0.05, 0.1) is 6.07 Å². The summed E-state index contributed by atoms with van der Waals surface area (Å²) in [4.78, 5) is 9.72. The third kappa shape index (κ3) is 6.84. The van der Waals surface area contributed by atoms with Crippen LogP contribution in [0.15, 0.2) is 0 Å². The fraction of sp³-hybridized carbons (Fsp3) is 0.667. The Morgan fingerprint density at radius 3 is 1.91 bits per heavy atom. The van der Waals surface area contributed by atoms with Gasteiger partial charge in [-0.25, -0.2) is 0 Å². The van der Waals surface area contributed by atoms with Crippen LogP contribution in [0, 0.1) is 11.3 Å². The lowest BCUT2D eigenvalue weighted by atomic mass is 10.3. The molecule has 0 aromatic heterocycles. The normalized spacial score (nSPS) is 9.09. The number of nitriles is 1. The van der Waals surface area contributed by atoms with Crippen LogP contribution < -0.4 is 0 Å². The lowest BCUT2D eigenvalue weighted by molar-refractivity contribution is -0.169. The van der Waals surface area contributed by atoms with Crippen LogP contribution in [0.2, 0.25) is 0 Å². The molecule has 0 fully saturated rings. The van der Waals surface area contributed by atoms with Gasteiger partial charge in [0.2, 0.25) is 5.78 Å². The van der Waals surface area contributed by atoms with E-state index in [1.54, 1.807) is 0 Å². The van der Waals surface area contributed by atoms with Crippen molar-refractivity contribution in [2.75, 3.05) is 0 Å². The zero-order valence-corrected chi connectivity index (χ0v) is 6.20. The van der Waals surface area contributed by atoms with Gasteiger partial charge in [-0.05, 0) is 0 Å². The number of carbonyl (C=O) groups is 1. The van der Waals surface area contributed by atoms with E-state index in [-0.39, 0.29) is 0 Å². The smallest absolute Gasteiger partial charge is 0.288 e. The summed E-state index contributed by atoms with van der Waals surface area (Å²) in [5, 5.41) is 7.63. The fourth-order valence-electron chi connectivity index (χ4n) is 0.172. The van der Waals surface area contributed by atoms with Crippen LogP contribution in [0.4, 0.5) is 13.2 Å². The van der Waals surface area contributed by atoms with Crippen molar-refractivity contribution in [3.63, 3.8) is 0 Å². The van der Waals surface area contributed by atoms with Gasteiger partial charge in [0.15, 0.2) is 0 Å². The summed E-state index contributed by atoms with van der Waals surface area (Å²) < 4.78 is 33.4. The molecule has 0 saturated heterocycles. The molecule has 11 heavy (non-hydrogen) atoms. The first-order valence-corrected chi connectivity index (χ1v) is 2.95. The Hall–Kier alpha value is -1.05. The van der Waals surface area contributed by atoms with Crippen molar-refractivity contribution in [2.24, 2.45) is 0 Å². The highest BCUT2D eigenvalue weighted by atomic mass is 19.4. The van der Waals surface area contributed by atoms with E-state index in [0.717, 1.165) is 6.07 Å². The zero-order chi connectivity index (χ0) is 9.49. The highest BCUT2D eigenvalue weighted by molar-refractivity contribution is 5.85. The van der Waals surface area contributed by atoms with Crippen molar-refractivity contribution >= 4 is 5.78 Å². The van der Waals surface area contributed by atoms with E-state index in [1.165, 1.54) is 0 Å². The number of hydrogen-bond acceptors (Lipinski definition) is 2. The van der Waals surface area contributed by atoms with Crippen LogP contribution in [0.25, 0.3) is 0 Å². The number of ketones is 1. The van der Waals surface area contributed by atoms with Crippen LogP contribution >= 0.6 is 0 Å². The maximum absolute atomic E-state index is 11.1. The van der Waals surface area contributed by atoms with E-state index in [9.17, 15) is 18.0 Å². The molecule has 0 aliphatic carbocycles. The predicted octanol–water partition coefficient (Wildman–Crippen LogP) is 2.06. The van der Waals surface area contributed by atoms with Gasteiger partial charge in [-0.2, -0.15) is 18.4 Å². The van der Waals surface area contributed by atoms with E-state index < -0.39 is 18.4 Å².